The summed E-state index contributed by atoms with van der Waals surface area (Å²) in [4.78, 5) is 33.7. The Balaban J connectivity index is 1.73. The summed E-state index contributed by atoms with van der Waals surface area (Å²) in [6, 6.07) is 17.9. The Hall–Kier alpha value is -3.21. The summed E-state index contributed by atoms with van der Waals surface area (Å²) in [5.74, 6) is 0.0673. The molecule has 1 aliphatic rings. The van der Waals surface area contributed by atoms with Gasteiger partial charge in [-0.25, -0.2) is 4.98 Å². The van der Waals surface area contributed by atoms with Crippen LogP contribution in [-0.2, 0) is 4.79 Å². The molecule has 1 saturated heterocycles. The normalized spacial score (nSPS) is 14.7. The first-order valence-corrected chi connectivity index (χ1v) is 10.0. The number of benzene rings is 2. The number of para-hydroxylation sites is 1. The molecule has 0 unspecified atom stereocenters. The van der Waals surface area contributed by atoms with Crippen LogP contribution >= 0.6 is 0 Å². The smallest absolute Gasteiger partial charge is 0.254 e. The second-order valence-electron chi connectivity index (χ2n) is 7.59. The summed E-state index contributed by atoms with van der Waals surface area (Å²) in [5.41, 5.74) is 4.46. The number of aryl methyl sites for hydroxylation is 1. The van der Waals surface area contributed by atoms with Crippen molar-refractivity contribution in [1.29, 1.82) is 0 Å². The van der Waals surface area contributed by atoms with E-state index in [-0.39, 0.29) is 11.8 Å². The van der Waals surface area contributed by atoms with Crippen molar-refractivity contribution in [3.05, 3.63) is 65.7 Å². The quantitative estimate of drug-likeness (QED) is 0.670. The number of rotatable bonds is 2. The molecule has 4 rings (SSSR count). The molecule has 0 spiro atoms. The zero-order chi connectivity index (χ0) is 20.4. The van der Waals surface area contributed by atoms with Gasteiger partial charge in [0.2, 0.25) is 5.91 Å². The lowest BCUT2D eigenvalue weighted by molar-refractivity contribution is -0.128. The van der Waals surface area contributed by atoms with Crippen LogP contribution in [0.15, 0.2) is 54.6 Å². The molecule has 3 aromatic rings. The van der Waals surface area contributed by atoms with E-state index in [4.69, 9.17) is 4.98 Å². The van der Waals surface area contributed by atoms with Crippen LogP contribution in [0.5, 0.6) is 0 Å². The van der Waals surface area contributed by atoms with Crippen molar-refractivity contribution < 1.29 is 9.59 Å². The molecule has 1 fully saturated rings. The Labute approximate surface area is 171 Å². The van der Waals surface area contributed by atoms with Crippen LogP contribution < -0.4 is 0 Å². The van der Waals surface area contributed by atoms with Crippen LogP contribution in [0.25, 0.3) is 22.2 Å². The lowest BCUT2D eigenvalue weighted by Gasteiger charge is -2.22. The third kappa shape index (κ3) is 3.99. The Morgan fingerprint density at radius 3 is 2.34 bits per heavy atom. The third-order valence-corrected chi connectivity index (χ3v) is 5.52. The average Bonchev–Trinajstić information content (AvgIpc) is 2.99. The van der Waals surface area contributed by atoms with Gasteiger partial charge >= 0.3 is 0 Å². The highest BCUT2D eigenvalue weighted by Crippen LogP contribution is 2.26. The van der Waals surface area contributed by atoms with E-state index < -0.39 is 0 Å². The summed E-state index contributed by atoms with van der Waals surface area (Å²) in [5, 5.41) is 0.862. The fourth-order valence-electron chi connectivity index (χ4n) is 3.83. The van der Waals surface area contributed by atoms with E-state index >= 15 is 0 Å². The maximum absolute atomic E-state index is 13.5. The molecule has 2 aromatic carbocycles. The first-order valence-electron chi connectivity index (χ1n) is 10.0. The van der Waals surface area contributed by atoms with Crippen molar-refractivity contribution in [3.63, 3.8) is 0 Å². The summed E-state index contributed by atoms with van der Waals surface area (Å²) < 4.78 is 0. The number of hydrogen-bond acceptors (Lipinski definition) is 3. The van der Waals surface area contributed by atoms with Crippen molar-refractivity contribution in [2.24, 2.45) is 0 Å². The summed E-state index contributed by atoms with van der Waals surface area (Å²) in [7, 11) is 0. The van der Waals surface area contributed by atoms with Gasteiger partial charge in [-0.2, -0.15) is 0 Å². The first kappa shape index (κ1) is 19.1. The number of nitrogens with zero attached hydrogens (tertiary/aromatic N) is 3. The fourth-order valence-corrected chi connectivity index (χ4v) is 3.83. The van der Waals surface area contributed by atoms with Gasteiger partial charge in [-0.3, -0.25) is 9.59 Å². The number of pyridine rings is 1. The molecule has 5 nitrogen and oxygen atoms in total. The maximum atomic E-state index is 13.5. The molecule has 0 radical (unpaired) electrons. The second-order valence-corrected chi connectivity index (χ2v) is 7.59. The van der Waals surface area contributed by atoms with Gasteiger partial charge in [-0.05, 0) is 25.5 Å². The Bertz CT molecular complexity index is 1060. The molecule has 0 bridgehead atoms. The molecule has 148 valence electrons. The first-order chi connectivity index (χ1) is 14.0. The summed E-state index contributed by atoms with van der Waals surface area (Å²) in [6.07, 6.45) is 0.791. The molecule has 0 N–H and O–H groups in total. The van der Waals surface area contributed by atoms with Crippen molar-refractivity contribution >= 4 is 22.7 Å². The predicted octanol–water partition coefficient (Wildman–Crippen LogP) is 3.90. The standard InChI is InChI=1S/C24H25N3O2/c1-17-8-10-19(11-9-17)23-16-21(20-6-3-4-7-22(20)25-23)24(29)27-13-5-12-26(14-15-27)18(2)28/h3-4,6-11,16H,5,12-15H2,1-2H3. The van der Waals surface area contributed by atoms with Crippen LogP contribution in [0.3, 0.4) is 0 Å². The molecule has 2 amide bonds. The Kier molecular flexibility index (Phi) is 5.30. The summed E-state index contributed by atoms with van der Waals surface area (Å²) >= 11 is 0. The van der Waals surface area contributed by atoms with Crippen LogP contribution in [-0.4, -0.2) is 52.8 Å². The Morgan fingerprint density at radius 2 is 1.59 bits per heavy atom. The zero-order valence-electron chi connectivity index (χ0n) is 16.9. The molecule has 1 aromatic heterocycles. The zero-order valence-corrected chi connectivity index (χ0v) is 16.9. The SMILES string of the molecule is CC(=O)N1CCCN(C(=O)c2cc(-c3ccc(C)cc3)nc3ccccc23)CC1. The number of carbonyl (C=O) groups excluding carboxylic acids is 2. The number of carbonyl (C=O) groups is 2. The Morgan fingerprint density at radius 1 is 0.897 bits per heavy atom. The minimum absolute atomic E-state index is 0.00219. The summed E-state index contributed by atoms with van der Waals surface area (Å²) in [6.45, 7) is 6.12. The number of aromatic nitrogens is 1. The predicted molar refractivity (Wildman–Crippen MR) is 115 cm³/mol. The number of amides is 2. The molecule has 5 heteroatoms. The van der Waals surface area contributed by atoms with Gasteiger partial charge in [0, 0.05) is 44.1 Å². The molecule has 0 saturated carbocycles. The maximum Gasteiger partial charge on any atom is 0.254 e. The fraction of sp³-hybridized carbons (Fsp3) is 0.292. The van der Waals surface area contributed by atoms with Crippen molar-refractivity contribution in [2.75, 3.05) is 26.2 Å². The molecule has 1 aliphatic heterocycles. The van der Waals surface area contributed by atoms with Crippen LogP contribution in [0.4, 0.5) is 0 Å². The third-order valence-electron chi connectivity index (χ3n) is 5.52. The van der Waals surface area contributed by atoms with Crippen molar-refractivity contribution in [3.8, 4) is 11.3 Å². The topological polar surface area (TPSA) is 53.5 Å². The van der Waals surface area contributed by atoms with E-state index in [9.17, 15) is 9.59 Å². The average molecular weight is 387 g/mol. The van der Waals surface area contributed by atoms with E-state index in [0.717, 1.165) is 28.6 Å². The van der Waals surface area contributed by atoms with Crippen LogP contribution in [0.1, 0.15) is 29.3 Å². The molecule has 0 aliphatic carbocycles. The van der Waals surface area contributed by atoms with Gasteiger partial charge in [-0.1, -0.05) is 48.0 Å². The van der Waals surface area contributed by atoms with E-state index in [1.807, 2.05) is 52.3 Å². The lowest BCUT2D eigenvalue weighted by atomic mass is 10.0. The van der Waals surface area contributed by atoms with Gasteiger partial charge in [0.25, 0.3) is 5.91 Å². The van der Waals surface area contributed by atoms with E-state index in [1.165, 1.54) is 5.56 Å². The van der Waals surface area contributed by atoms with E-state index in [0.29, 0.717) is 31.7 Å². The molecular formula is C24H25N3O2. The largest absolute Gasteiger partial charge is 0.341 e. The second kappa shape index (κ2) is 8.03. The van der Waals surface area contributed by atoms with Gasteiger partial charge in [-0.15, -0.1) is 0 Å². The highest BCUT2D eigenvalue weighted by atomic mass is 16.2. The molecule has 29 heavy (non-hydrogen) atoms. The van der Waals surface area contributed by atoms with E-state index in [2.05, 4.69) is 19.1 Å². The van der Waals surface area contributed by atoms with E-state index in [1.54, 1.807) is 6.92 Å². The minimum atomic E-state index is 0.00219. The van der Waals surface area contributed by atoms with Crippen molar-refractivity contribution in [1.82, 2.24) is 14.8 Å². The lowest BCUT2D eigenvalue weighted by Crippen LogP contribution is -2.36. The molecular weight excluding hydrogens is 362 g/mol. The number of hydrogen-bond donors (Lipinski definition) is 0. The molecule has 0 atom stereocenters. The van der Waals surface area contributed by atoms with Crippen LogP contribution in [0.2, 0.25) is 0 Å². The van der Waals surface area contributed by atoms with Gasteiger partial charge < -0.3 is 9.80 Å². The molecule has 2 heterocycles. The number of fused-ring (bicyclic) bond motifs is 1. The van der Waals surface area contributed by atoms with Gasteiger partial charge in [0.1, 0.15) is 0 Å². The van der Waals surface area contributed by atoms with Crippen molar-refractivity contribution in [2.45, 2.75) is 20.3 Å². The minimum Gasteiger partial charge on any atom is -0.341 e. The monoisotopic (exact) mass is 387 g/mol. The van der Waals surface area contributed by atoms with Gasteiger partial charge in [0.15, 0.2) is 0 Å². The van der Waals surface area contributed by atoms with Gasteiger partial charge in [0.05, 0.1) is 16.8 Å². The highest BCUT2D eigenvalue weighted by molar-refractivity contribution is 6.07. The highest BCUT2D eigenvalue weighted by Gasteiger charge is 2.23. The van der Waals surface area contributed by atoms with Crippen LogP contribution in [0, 0.1) is 6.92 Å².